The standard InChI is InChI=1S/C26H35N/c1-2-26(27)16-15-25(19-26)24-14-13-22-17-21(11-12-23(22)18-24)10-6-9-20-7-4-3-5-8-20/h3-5,7-8,13-14,18,21,25H,2,6,9-12,15-17,19,27H2,1H3/t21-,25-,26+/m0/s1. The lowest BCUT2D eigenvalue weighted by atomic mass is 9.79. The summed E-state index contributed by atoms with van der Waals surface area (Å²) >= 11 is 0. The largest absolute Gasteiger partial charge is 0.325 e. The molecule has 2 aromatic rings. The van der Waals surface area contributed by atoms with Gasteiger partial charge in [-0.1, -0.05) is 55.5 Å². The van der Waals surface area contributed by atoms with Crippen LogP contribution in [0.25, 0.3) is 0 Å². The molecule has 2 aliphatic rings. The Balaban J connectivity index is 1.33. The summed E-state index contributed by atoms with van der Waals surface area (Å²) in [5, 5.41) is 0. The van der Waals surface area contributed by atoms with Crippen molar-refractivity contribution in [3.63, 3.8) is 0 Å². The van der Waals surface area contributed by atoms with Gasteiger partial charge in [0.2, 0.25) is 0 Å². The molecule has 0 saturated heterocycles. The molecule has 0 unspecified atom stereocenters. The number of hydrogen-bond donors (Lipinski definition) is 1. The Morgan fingerprint density at radius 1 is 1.04 bits per heavy atom. The van der Waals surface area contributed by atoms with E-state index in [0.29, 0.717) is 5.92 Å². The first-order valence-corrected chi connectivity index (χ1v) is 11.1. The van der Waals surface area contributed by atoms with Crippen LogP contribution in [0.15, 0.2) is 48.5 Å². The first-order chi connectivity index (χ1) is 13.1. The number of aryl methyl sites for hydroxylation is 2. The zero-order valence-corrected chi connectivity index (χ0v) is 16.9. The van der Waals surface area contributed by atoms with Crippen LogP contribution in [0.4, 0.5) is 0 Å². The van der Waals surface area contributed by atoms with Gasteiger partial charge in [0.1, 0.15) is 0 Å². The van der Waals surface area contributed by atoms with E-state index in [1.165, 1.54) is 63.4 Å². The minimum absolute atomic E-state index is 0.0877. The van der Waals surface area contributed by atoms with E-state index in [4.69, 9.17) is 5.73 Å². The molecule has 4 rings (SSSR count). The molecule has 27 heavy (non-hydrogen) atoms. The van der Waals surface area contributed by atoms with Crippen LogP contribution in [0.5, 0.6) is 0 Å². The molecule has 1 fully saturated rings. The molecular formula is C26H35N. The van der Waals surface area contributed by atoms with E-state index < -0.39 is 0 Å². The van der Waals surface area contributed by atoms with E-state index in [2.05, 4.69) is 55.5 Å². The van der Waals surface area contributed by atoms with Gasteiger partial charge >= 0.3 is 0 Å². The molecular weight excluding hydrogens is 326 g/mol. The topological polar surface area (TPSA) is 26.0 Å². The normalized spacial score (nSPS) is 27.5. The van der Waals surface area contributed by atoms with Crippen molar-refractivity contribution in [3.05, 3.63) is 70.8 Å². The second kappa shape index (κ2) is 8.19. The zero-order valence-electron chi connectivity index (χ0n) is 16.9. The van der Waals surface area contributed by atoms with Crippen LogP contribution in [0.2, 0.25) is 0 Å². The van der Waals surface area contributed by atoms with Crippen LogP contribution in [-0.4, -0.2) is 5.54 Å². The molecule has 2 aliphatic carbocycles. The minimum atomic E-state index is 0.0877. The van der Waals surface area contributed by atoms with Gasteiger partial charge < -0.3 is 5.73 Å². The first-order valence-electron chi connectivity index (χ1n) is 11.1. The van der Waals surface area contributed by atoms with E-state index in [1.54, 1.807) is 16.7 Å². The van der Waals surface area contributed by atoms with Crippen LogP contribution in [0.3, 0.4) is 0 Å². The number of benzene rings is 2. The molecule has 0 amide bonds. The van der Waals surface area contributed by atoms with Gasteiger partial charge in [-0.15, -0.1) is 0 Å². The smallest absolute Gasteiger partial charge is 0.0157 e. The highest BCUT2D eigenvalue weighted by molar-refractivity contribution is 5.36. The highest BCUT2D eigenvalue weighted by Gasteiger charge is 2.35. The molecule has 0 bridgehead atoms. The van der Waals surface area contributed by atoms with Crippen molar-refractivity contribution < 1.29 is 0 Å². The molecule has 3 atom stereocenters. The van der Waals surface area contributed by atoms with Crippen molar-refractivity contribution in [3.8, 4) is 0 Å². The molecule has 0 spiro atoms. The summed E-state index contributed by atoms with van der Waals surface area (Å²) in [4.78, 5) is 0. The average Bonchev–Trinajstić information content (AvgIpc) is 3.11. The van der Waals surface area contributed by atoms with Crippen LogP contribution >= 0.6 is 0 Å². The molecule has 144 valence electrons. The van der Waals surface area contributed by atoms with Crippen LogP contribution in [0, 0.1) is 5.92 Å². The Labute approximate surface area is 165 Å². The maximum atomic E-state index is 6.53. The Kier molecular flexibility index (Phi) is 5.68. The molecule has 2 N–H and O–H groups in total. The van der Waals surface area contributed by atoms with Crippen molar-refractivity contribution in [1.29, 1.82) is 0 Å². The summed E-state index contributed by atoms with van der Waals surface area (Å²) in [7, 11) is 0. The first kappa shape index (κ1) is 18.7. The monoisotopic (exact) mass is 361 g/mol. The molecule has 1 nitrogen and oxygen atoms in total. The van der Waals surface area contributed by atoms with Gasteiger partial charge in [0, 0.05) is 5.54 Å². The lowest BCUT2D eigenvalue weighted by Gasteiger charge is -2.26. The van der Waals surface area contributed by atoms with E-state index in [-0.39, 0.29) is 5.54 Å². The summed E-state index contributed by atoms with van der Waals surface area (Å²) in [6, 6.07) is 18.3. The highest BCUT2D eigenvalue weighted by Crippen LogP contribution is 2.42. The minimum Gasteiger partial charge on any atom is -0.325 e. The fourth-order valence-corrected chi connectivity index (χ4v) is 5.35. The zero-order chi connectivity index (χ0) is 18.7. The summed E-state index contributed by atoms with van der Waals surface area (Å²) in [6.45, 7) is 2.24. The van der Waals surface area contributed by atoms with Gasteiger partial charge in [0.15, 0.2) is 0 Å². The lowest BCUT2D eigenvalue weighted by Crippen LogP contribution is -2.35. The van der Waals surface area contributed by atoms with Gasteiger partial charge in [-0.05, 0) is 98.3 Å². The molecule has 1 heteroatoms. The van der Waals surface area contributed by atoms with E-state index in [9.17, 15) is 0 Å². The third-order valence-electron chi connectivity index (χ3n) is 7.30. The SMILES string of the molecule is CC[C@@]1(N)CC[C@H](c2ccc3c(c2)CC[C@H](CCCc2ccccc2)C3)C1. The van der Waals surface area contributed by atoms with Gasteiger partial charge in [-0.25, -0.2) is 0 Å². The summed E-state index contributed by atoms with van der Waals surface area (Å²) in [6.07, 6.45) is 12.6. The van der Waals surface area contributed by atoms with Crippen LogP contribution < -0.4 is 5.73 Å². The average molecular weight is 362 g/mol. The molecule has 0 heterocycles. The second-order valence-electron chi connectivity index (χ2n) is 9.17. The molecule has 1 saturated carbocycles. The predicted molar refractivity (Wildman–Crippen MR) is 115 cm³/mol. The number of nitrogens with two attached hydrogens (primary N) is 1. The van der Waals surface area contributed by atoms with Crippen molar-refractivity contribution in [2.24, 2.45) is 11.7 Å². The van der Waals surface area contributed by atoms with Crippen LogP contribution in [0.1, 0.15) is 80.0 Å². The van der Waals surface area contributed by atoms with E-state index in [0.717, 1.165) is 12.3 Å². The number of rotatable bonds is 6. The Bertz CT molecular complexity index is 750. The Hall–Kier alpha value is -1.60. The summed E-state index contributed by atoms with van der Waals surface area (Å²) in [5.41, 5.74) is 12.9. The number of hydrogen-bond acceptors (Lipinski definition) is 1. The second-order valence-corrected chi connectivity index (χ2v) is 9.17. The fourth-order valence-electron chi connectivity index (χ4n) is 5.35. The van der Waals surface area contributed by atoms with Crippen molar-refractivity contribution >= 4 is 0 Å². The van der Waals surface area contributed by atoms with Gasteiger partial charge in [0.05, 0.1) is 0 Å². The van der Waals surface area contributed by atoms with Crippen molar-refractivity contribution in [2.75, 3.05) is 0 Å². The van der Waals surface area contributed by atoms with Gasteiger partial charge in [-0.3, -0.25) is 0 Å². The van der Waals surface area contributed by atoms with Crippen molar-refractivity contribution in [1.82, 2.24) is 0 Å². The lowest BCUT2D eigenvalue weighted by molar-refractivity contribution is 0.413. The van der Waals surface area contributed by atoms with E-state index >= 15 is 0 Å². The molecule has 2 aromatic carbocycles. The maximum Gasteiger partial charge on any atom is 0.0157 e. The van der Waals surface area contributed by atoms with Crippen LogP contribution in [-0.2, 0) is 19.3 Å². The fraction of sp³-hybridized carbons (Fsp3) is 0.538. The van der Waals surface area contributed by atoms with Crippen molar-refractivity contribution in [2.45, 2.75) is 82.6 Å². The Morgan fingerprint density at radius 2 is 1.89 bits per heavy atom. The Morgan fingerprint density at radius 3 is 2.67 bits per heavy atom. The highest BCUT2D eigenvalue weighted by atomic mass is 14.8. The molecule has 0 radical (unpaired) electrons. The predicted octanol–water partition coefficient (Wildman–Crippen LogP) is 6.19. The number of fused-ring (bicyclic) bond motifs is 1. The summed E-state index contributed by atoms with van der Waals surface area (Å²) in [5.74, 6) is 1.55. The summed E-state index contributed by atoms with van der Waals surface area (Å²) < 4.78 is 0. The quantitative estimate of drug-likeness (QED) is 0.652. The molecule has 0 aromatic heterocycles. The van der Waals surface area contributed by atoms with Gasteiger partial charge in [-0.2, -0.15) is 0 Å². The third kappa shape index (κ3) is 4.46. The van der Waals surface area contributed by atoms with Gasteiger partial charge in [0.25, 0.3) is 0 Å². The molecule has 0 aliphatic heterocycles. The maximum absolute atomic E-state index is 6.53. The van der Waals surface area contributed by atoms with E-state index in [1.807, 2.05) is 0 Å². The third-order valence-corrected chi connectivity index (χ3v) is 7.30.